The summed E-state index contributed by atoms with van der Waals surface area (Å²) >= 11 is 3.61. The van der Waals surface area contributed by atoms with E-state index in [0.717, 1.165) is 104 Å². The van der Waals surface area contributed by atoms with Crippen molar-refractivity contribution in [3.05, 3.63) is 135 Å². The predicted octanol–water partition coefficient (Wildman–Crippen LogP) is 7.74. The molecule has 0 aromatic heterocycles. The molecule has 12 heteroatoms. The van der Waals surface area contributed by atoms with Crippen molar-refractivity contribution in [3.8, 4) is 0 Å². The van der Waals surface area contributed by atoms with Gasteiger partial charge in [0.15, 0.2) is 0 Å². The van der Waals surface area contributed by atoms with E-state index in [0.29, 0.717) is 6.54 Å². The van der Waals surface area contributed by atoms with Gasteiger partial charge in [-0.15, -0.1) is 13.1 Å². The van der Waals surface area contributed by atoms with Gasteiger partial charge in [-0.05, 0) is 71.8 Å². The zero-order valence-corrected chi connectivity index (χ0v) is 38.3. The minimum Gasteiger partial charge on any atom is -0.674 e. The van der Waals surface area contributed by atoms with Crippen molar-refractivity contribution < 1.29 is 96.9 Å². The molecular formula is C36H42Ac2BrF2N7-2. The average molecular weight is 1140 g/mol. The molecule has 0 amide bonds. The first-order valence-electron chi connectivity index (χ1n) is 15.7. The van der Waals surface area contributed by atoms with Crippen molar-refractivity contribution in [2.45, 2.75) is 26.2 Å². The van der Waals surface area contributed by atoms with Crippen LogP contribution >= 0.6 is 15.9 Å². The number of rotatable bonds is 8. The van der Waals surface area contributed by atoms with Crippen LogP contribution in [0.25, 0.3) is 11.5 Å². The van der Waals surface area contributed by atoms with Gasteiger partial charge in [-0.2, -0.15) is 0 Å². The first-order chi connectivity index (χ1) is 22.3. The SMILES string of the molecule is [Ac].[Ac].[NH-]Cc1ccc(CN2CCN(c3ccc(F)cc3)CC2)c(Br)c1.[NH-]Cc1ccc(CN2CCN(c3ccc(F)cc3)CC2)c(N)c1. The Morgan fingerprint density at radius 2 is 0.958 bits per heavy atom. The fourth-order valence-electron chi connectivity index (χ4n) is 5.84. The third-order valence-corrected chi connectivity index (χ3v) is 9.39. The van der Waals surface area contributed by atoms with Gasteiger partial charge in [0.1, 0.15) is 11.6 Å². The van der Waals surface area contributed by atoms with Gasteiger partial charge in [-0.1, -0.05) is 51.3 Å². The summed E-state index contributed by atoms with van der Waals surface area (Å²) in [7, 11) is 0. The molecule has 0 spiro atoms. The van der Waals surface area contributed by atoms with E-state index >= 15 is 0 Å². The van der Waals surface area contributed by atoms with Gasteiger partial charge in [0, 0.05) is 175 Å². The Kier molecular flexibility index (Phi) is 18.3. The molecule has 2 fully saturated rings. The average Bonchev–Trinajstić information content (AvgIpc) is 3.08. The second-order valence-electron chi connectivity index (χ2n) is 11.8. The van der Waals surface area contributed by atoms with Crippen LogP contribution < -0.4 is 15.5 Å². The molecule has 2 aliphatic rings. The normalized spacial score (nSPS) is 15.2. The number of hydrogen-bond donors (Lipinski definition) is 1. The van der Waals surface area contributed by atoms with Crippen LogP contribution in [0.5, 0.6) is 0 Å². The van der Waals surface area contributed by atoms with Gasteiger partial charge in [-0.25, -0.2) is 8.78 Å². The number of benzene rings is 4. The second kappa shape index (κ2) is 21.0. The van der Waals surface area contributed by atoms with E-state index in [1.807, 2.05) is 54.6 Å². The quantitative estimate of drug-likeness (QED) is 0.183. The molecule has 7 nitrogen and oxygen atoms in total. The summed E-state index contributed by atoms with van der Waals surface area (Å²) < 4.78 is 27.1. The molecule has 2 saturated heterocycles. The number of hydrogen-bond acceptors (Lipinski definition) is 5. The monoisotopic (exact) mass is 1140 g/mol. The van der Waals surface area contributed by atoms with Crippen LogP contribution in [-0.4, -0.2) is 62.2 Å². The van der Waals surface area contributed by atoms with Crippen LogP contribution in [0.3, 0.4) is 0 Å². The van der Waals surface area contributed by atoms with Gasteiger partial charge in [0.05, 0.1) is 0 Å². The van der Waals surface area contributed by atoms with E-state index < -0.39 is 0 Å². The minimum absolute atomic E-state index is 0. The summed E-state index contributed by atoms with van der Waals surface area (Å²) in [6.07, 6.45) is 0. The number of nitrogens with zero attached hydrogens (tertiary/aromatic N) is 4. The maximum absolute atomic E-state index is 13.0. The van der Waals surface area contributed by atoms with Crippen LogP contribution in [0.4, 0.5) is 25.8 Å². The topological polar surface area (TPSA) is 86.6 Å². The zero-order valence-electron chi connectivity index (χ0n) is 27.2. The van der Waals surface area contributed by atoms with Crippen molar-refractivity contribution in [1.29, 1.82) is 0 Å². The van der Waals surface area contributed by atoms with E-state index in [9.17, 15) is 8.78 Å². The fourth-order valence-corrected chi connectivity index (χ4v) is 6.39. The number of nitrogen functional groups attached to an aromatic ring is 1. The molecule has 0 unspecified atom stereocenters. The van der Waals surface area contributed by atoms with Crippen LogP contribution in [0.1, 0.15) is 22.3 Å². The third-order valence-electron chi connectivity index (χ3n) is 8.65. The Labute approximate surface area is 363 Å². The van der Waals surface area contributed by atoms with Crippen molar-refractivity contribution in [3.63, 3.8) is 0 Å². The molecule has 0 atom stereocenters. The summed E-state index contributed by atoms with van der Waals surface area (Å²) in [6.45, 7) is 9.98. The van der Waals surface area contributed by atoms with Crippen LogP contribution in [-0.2, 0) is 26.2 Å². The standard InChI is InChI=1S/C18H20BrFN3.C18H22FN4.2Ac/c19-18-11-14(12-21)1-2-15(18)13-22-7-9-23(10-8-22)17-5-3-16(20)4-6-17;19-16-3-5-17(6-4-16)23-9-7-22(8-10-23)13-15-2-1-14(12-20)11-18(15)21;;/h1-6,11,21H,7-10,12-13H2;1-6,11,20H,7-10,12-13,21H2;;/q2*-1;;. The second-order valence-corrected chi connectivity index (χ2v) is 12.6. The molecule has 250 valence electrons. The number of nitrogens with two attached hydrogens (primary N) is 1. The van der Waals surface area contributed by atoms with E-state index in [2.05, 4.69) is 41.6 Å². The molecule has 4 aromatic rings. The molecule has 2 heterocycles. The van der Waals surface area contributed by atoms with Gasteiger partial charge < -0.3 is 27.0 Å². The molecule has 4 aromatic carbocycles. The first kappa shape index (κ1) is 41.8. The molecule has 4 N–H and O–H groups in total. The van der Waals surface area contributed by atoms with Crippen molar-refractivity contribution >= 4 is 33.0 Å². The van der Waals surface area contributed by atoms with Crippen LogP contribution in [0, 0.1) is 99.8 Å². The minimum atomic E-state index is -0.195. The Hall–Kier alpha value is -0.657. The number of piperazine rings is 2. The largest absolute Gasteiger partial charge is 0.674 e. The summed E-state index contributed by atoms with van der Waals surface area (Å²) in [4.78, 5) is 9.39. The third kappa shape index (κ3) is 12.2. The summed E-state index contributed by atoms with van der Waals surface area (Å²) in [5, 5.41) is 0. The molecule has 2 radical (unpaired) electrons. The molecular weight excluding hydrogens is 1100 g/mol. The maximum atomic E-state index is 13.0. The van der Waals surface area contributed by atoms with Gasteiger partial charge in [0.25, 0.3) is 0 Å². The number of anilines is 3. The molecule has 0 aliphatic carbocycles. The number of nitrogens with one attached hydrogen (secondary N) is 2. The van der Waals surface area contributed by atoms with Crippen LogP contribution in [0.15, 0.2) is 89.4 Å². The van der Waals surface area contributed by atoms with Gasteiger partial charge in [0.2, 0.25) is 0 Å². The maximum Gasteiger partial charge on any atom is 0.123 e. The molecule has 48 heavy (non-hydrogen) atoms. The zero-order chi connectivity index (χ0) is 32.5. The van der Waals surface area contributed by atoms with Gasteiger partial charge >= 0.3 is 0 Å². The molecule has 2 aliphatic heterocycles. The summed E-state index contributed by atoms with van der Waals surface area (Å²) in [5.41, 5.74) is 28.2. The Bertz CT molecular complexity index is 1430. The van der Waals surface area contributed by atoms with E-state index in [1.54, 1.807) is 0 Å². The summed E-state index contributed by atoms with van der Waals surface area (Å²) in [6, 6.07) is 25.5. The smallest absolute Gasteiger partial charge is 0.123 e. The van der Waals surface area contributed by atoms with Crippen molar-refractivity contribution in [2.24, 2.45) is 0 Å². The Balaban J connectivity index is 0.000000250. The van der Waals surface area contributed by atoms with E-state index in [4.69, 9.17) is 17.2 Å². The van der Waals surface area contributed by atoms with E-state index in [1.165, 1.54) is 29.8 Å². The first-order valence-corrected chi connectivity index (χ1v) is 16.5. The molecule has 0 bridgehead atoms. The van der Waals surface area contributed by atoms with E-state index in [-0.39, 0.29) is 106 Å². The van der Waals surface area contributed by atoms with Crippen molar-refractivity contribution in [2.75, 3.05) is 67.9 Å². The Morgan fingerprint density at radius 3 is 1.35 bits per heavy atom. The predicted molar refractivity (Wildman–Crippen MR) is 189 cm³/mol. The fraction of sp³-hybridized carbons (Fsp3) is 0.333. The van der Waals surface area contributed by atoms with Gasteiger partial charge in [-0.3, -0.25) is 9.80 Å². The summed E-state index contributed by atoms with van der Waals surface area (Å²) in [5.74, 6) is -0.382. The Morgan fingerprint density at radius 1 is 0.562 bits per heavy atom. The van der Waals surface area contributed by atoms with Crippen LogP contribution in [0.2, 0.25) is 0 Å². The molecule has 0 saturated carbocycles. The van der Waals surface area contributed by atoms with Crippen molar-refractivity contribution in [1.82, 2.24) is 9.80 Å². The number of halogens is 3. The molecule has 6 rings (SSSR count).